The Kier molecular flexibility index (Phi) is 3.31. The second kappa shape index (κ2) is 4.91. The van der Waals surface area contributed by atoms with E-state index in [0.29, 0.717) is 17.1 Å². The number of benzene rings is 1. The quantitative estimate of drug-likeness (QED) is 0.447. The number of fused-ring (bicyclic) bond motifs is 1. The van der Waals surface area contributed by atoms with E-state index in [-0.39, 0.29) is 13.2 Å². The third kappa shape index (κ3) is 2.34. The van der Waals surface area contributed by atoms with Crippen LogP contribution in [-0.4, -0.2) is 30.8 Å². The Balaban J connectivity index is 2.16. The van der Waals surface area contributed by atoms with Gasteiger partial charge in [-0.15, -0.1) is 0 Å². The van der Waals surface area contributed by atoms with Gasteiger partial charge in [0.15, 0.2) is 11.5 Å². The largest absolute Gasteiger partial charge is 0.464 e. The van der Waals surface area contributed by atoms with Crippen LogP contribution in [0, 0.1) is 10.1 Å². The minimum Gasteiger partial charge on any atom is -0.464 e. The normalized spacial score (nSPS) is 14.1. The van der Waals surface area contributed by atoms with Crippen LogP contribution in [0.3, 0.4) is 0 Å². The van der Waals surface area contributed by atoms with Gasteiger partial charge >= 0.3 is 12.0 Å². The third-order valence-electron chi connectivity index (χ3n) is 2.59. The molecule has 1 aliphatic heterocycles. The van der Waals surface area contributed by atoms with Crippen LogP contribution in [0.15, 0.2) is 18.2 Å². The third-order valence-corrected chi connectivity index (χ3v) is 2.59. The summed E-state index contributed by atoms with van der Waals surface area (Å²) in [7, 11) is 1.12. The van der Waals surface area contributed by atoms with E-state index in [1.807, 2.05) is 0 Å². The average Bonchev–Trinajstić information content (AvgIpc) is 2.82. The van der Waals surface area contributed by atoms with E-state index in [1.165, 1.54) is 0 Å². The maximum Gasteiger partial charge on any atom is 0.381 e. The topological polar surface area (TPSA) is 87.9 Å². The van der Waals surface area contributed by atoms with Crippen LogP contribution in [0.5, 0.6) is 11.5 Å². The van der Waals surface area contributed by atoms with E-state index in [9.17, 15) is 14.9 Å². The summed E-state index contributed by atoms with van der Waals surface area (Å²) in [6.07, 6.45) is -0.0453. The molecule has 1 aromatic rings. The number of carbonyl (C=O) groups excluding carboxylic acids is 1. The Morgan fingerprint density at radius 3 is 2.89 bits per heavy atom. The van der Waals surface area contributed by atoms with Gasteiger partial charge in [-0.25, -0.2) is 4.79 Å². The summed E-state index contributed by atoms with van der Waals surface area (Å²) in [4.78, 5) is 21.4. The van der Waals surface area contributed by atoms with Crippen molar-refractivity contribution in [2.45, 2.75) is 12.5 Å². The van der Waals surface area contributed by atoms with Crippen molar-refractivity contribution in [2.24, 2.45) is 0 Å². The lowest BCUT2D eigenvalue weighted by Gasteiger charge is -2.07. The van der Waals surface area contributed by atoms with E-state index in [2.05, 4.69) is 4.74 Å². The first kappa shape index (κ1) is 12.2. The summed E-state index contributed by atoms with van der Waals surface area (Å²) < 4.78 is 14.7. The Morgan fingerprint density at radius 1 is 1.50 bits per heavy atom. The van der Waals surface area contributed by atoms with Gasteiger partial charge in [-0.3, -0.25) is 10.1 Å². The van der Waals surface area contributed by atoms with Gasteiger partial charge in [0.25, 0.3) is 0 Å². The summed E-state index contributed by atoms with van der Waals surface area (Å²) in [5.74, 6) is 0.256. The van der Waals surface area contributed by atoms with Crippen molar-refractivity contribution in [3.05, 3.63) is 33.9 Å². The zero-order valence-corrected chi connectivity index (χ0v) is 9.62. The zero-order chi connectivity index (χ0) is 13.1. The first-order chi connectivity index (χ1) is 8.61. The van der Waals surface area contributed by atoms with Crippen molar-refractivity contribution in [2.75, 3.05) is 13.9 Å². The number of hydrogen-bond acceptors (Lipinski definition) is 6. The SMILES string of the molecule is COC(=O)C(Cc1ccc2c(c1)OCO2)[N+](=O)[O-]. The summed E-state index contributed by atoms with van der Waals surface area (Å²) in [5, 5.41) is 10.8. The first-order valence-electron chi connectivity index (χ1n) is 5.21. The Bertz CT molecular complexity index is 486. The van der Waals surface area contributed by atoms with Gasteiger partial charge in [0.05, 0.1) is 13.5 Å². The summed E-state index contributed by atoms with van der Waals surface area (Å²) in [6, 6.07) is 3.54. The molecule has 0 aromatic heterocycles. The lowest BCUT2D eigenvalue weighted by atomic mass is 10.1. The molecule has 0 fully saturated rings. The first-order valence-corrected chi connectivity index (χ1v) is 5.21. The molecule has 1 aromatic carbocycles. The lowest BCUT2D eigenvalue weighted by molar-refractivity contribution is -0.509. The van der Waals surface area contributed by atoms with Crippen molar-refractivity contribution >= 4 is 5.97 Å². The summed E-state index contributed by atoms with van der Waals surface area (Å²) in [6.45, 7) is 0.133. The molecule has 0 saturated heterocycles. The van der Waals surface area contributed by atoms with E-state index in [1.54, 1.807) is 18.2 Å². The minimum absolute atomic E-state index is 0.0453. The fourth-order valence-electron chi connectivity index (χ4n) is 1.67. The van der Waals surface area contributed by atoms with E-state index in [0.717, 1.165) is 7.11 Å². The van der Waals surface area contributed by atoms with Crippen LogP contribution in [0.25, 0.3) is 0 Å². The molecular formula is C11H11NO6. The smallest absolute Gasteiger partial charge is 0.381 e. The van der Waals surface area contributed by atoms with Gasteiger partial charge in [0.1, 0.15) is 0 Å². The molecule has 0 saturated carbocycles. The van der Waals surface area contributed by atoms with Gasteiger partial charge in [-0.05, 0) is 17.7 Å². The highest BCUT2D eigenvalue weighted by atomic mass is 16.7. The van der Waals surface area contributed by atoms with E-state index in [4.69, 9.17) is 9.47 Å². The van der Waals surface area contributed by atoms with Crippen molar-refractivity contribution in [3.8, 4) is 11.5 Å². The van der Waals surface area contributed by atoms with Crippen LogP contribution in [-0.2, 0) is 16.0 Å². The molecule has 18 heavy (non-hydrogen) atoms. The average molecular weight is 253 g/mol. The Morgan fingerprint density at radius 2 is 2.22 bits per heavy atom. The van der Waals surface area contributed by atoms with Crippen LogP contribution in [0.1, 0.15) is 5.56 Å². The molecule has 96 valence electrons. The molecule has 2 rings (SSSR count). The Hall–Kier alpha value is -2.31. The lowest BCUT2D eigenvalue weighted by Crippen LogP contribution is -2.32. The molecule has 0 N–H and O–H groups in total. The number of ether oxygens (including phenoxy) is 3. The molecule has 1 atom stereocenters. The minimum atomic E-state index is -1.41. The number of nitrogens with zero attached hydrogens (tertiary/aromatic N) is 1. The molecule has 1 aliphatic rings. The molecule has 0 amide bonds. The number of methoxy groups -OCH3 is 1. The van der Waals surface area contributed by atoms with Gasteiger partial charge in [0.2, 0.25) is 6.79 Å². The van der Waals surface area contributed by atoms with Crippen LogP contribution in [0.2, 0.25) is 0 Å². The fourth-order valence-corrected chi connectivity index (χ4v) is 1.67. The van der Waals surface area contributed by atoms with Gasteiger partial charge < -0.3 is 14.2 Å². The summed E-state index contributed by atoms with van der Waals surface area (Å²) >= 11 is 0. The molecule has 0 radical (unpaired) electrons. The maximum absolute atomic E-state index is 11.3. The van der Waals surface area contributed by atoms with Crippen LogP contribution < -0.4 is 9.47 Å². The molecule has 0 aliphatic carbocycles. The highest BCUT2D eigenvalue weighted by Gasteiger charge is 2.31. The maximum atomic E-state index is 11.3. The van der Waals surface area contributed by atoms with Crippen molar-refractivity contribution in [3.63, 3.8) is 0 Å². The van der Waals surface area contributed by atoms with Crippen molar-refractivity contribution in [1.82, 2.24) is 0 Å². The predicted molar refractivity (Wildman–Crippen MR) is 59.1 cm³/mol. The highest BCUT2D eigenvalue weighted by Crippen LogP contribution is 2.32. The molecule has 0 bridgehead atoms. The molecule has 1 heterocycles. The standard InChI is InChI=1S/C11H11NO6/c1-16-11(13)8(12(14)15)4-7-2-3-9-10(5-7)18-6-17-9/h2-3,5,8H,4,6H2,1H3. The number of hydrogen-bond donors (Lipinski definition) is 0. The number of nitro groups is 1. The van der Waals surface area contributed by atoms with Gasteiger partial charge in [-0.2, -0.15) is 0 Å². The molecule has 7 nitrogen and oxygen atoms in total. The number of esters is 1. The van der Waals surface area contributed by atoms with Crippen LogP contribution >= 0.6 is 0 Å². The molecule has 7 heteroatoms. The summed E-state index contributed by atoms with van der Waals surface area (Å²) in [5.41, 5.74) is 0.617. The van der Waals surface area contributed by atoms with Crippen molar-refractivity contribution < 1.29 is 23.9 Å². The Labute approximate surface area is 102 Å². The van der Waals surface area contributed by atoms with Crippen molar-refractivity contribution in [1.29, 1.82) is 0 Å². The molecule has 1 unspecified atom stereocenters. The van der Waals surface area contributed by atoms with E-state index >= 15 is 0 Å². The fraction of sp³-hybridized carbons (Fsp3) is 0.364. The number of carbonyl (C=O) groups is 1. The molecular weight excluding hydrogens is 242 g/mol. The monoisotopic (exact) mass is 253 g/mol. The molecule has 0 spiro atoms. The van der Waals surface area contributed by atoms with Gasteiger partial charge in [-0.1, -0.05) is 6.07 Å². The highest BCUT2D eigenvalue weighted by molar-refractivity contribution is 5.74. The van der Waals surface area contributed by atoms with Gasteiger partial charge in [0, 0.05) is 4.92 Å². The zero-order valence-electron chi connectivity index (χ0n) is 9.62. The van der Waals surface area contributed by atoms with E-state index < -0.39 is 16.9 Å². The van der Waals surface area contributed by atoms with Crippen LogP contribution in [0.4, 0.5) is 0 Å². The predicted octanol–water partition coefficient (Wildman–Crippen LogP) is 0.776. The second-order valence-corrected chi connectivity index (χ2v) is 3.72. The number of rotatable bonds is 4. The second-order valence-electron chi connectivity index (χ2n) is 3.72.